The lowest BCUT2D eigenvalue weighted by atomic mass is 10.2. The first-order valence-corrected chi connectivity index (χ1v) is 9.59. The van der Waals surface area contributed by atoms with Gasteiger partial charge in [0.25, 0.3) is 0 Å². The van der Waals surface area contributed by atoms with Gasteiger partial charge < -0.3 is 18.9 Å². The molecule has 2 aromatic rings. The predicted octanol–water partition coefficient (Wildman–Crippen LogP) is 3.97. The van der Waals surface area contributed by atoms with Crippen LogP contribution in [0, 0.1) is 17.1 Å². The molecular formula is C24H20FNO7. The molecule has 0 heterocycles. The molecule has 0 fully saturated rings. The number of carbonyl (C=O) groups excluding carboxylic acids is 3. The Balaban J connectivity index is 1.91. The van der Waals surface area contributed by atoms with E-state index in [1.165, 1.54) is 49.4 Å². The topological polar surface area (TPSA) is 112 Å². The maximum absolute atomic E-state index is 14.2. The van der Waals surface area contributed by atoms with Crippen molar-refractivity contribution in [3.63, 3.8) is 0 Å². The van der Waals surface area contributed by atoms with E-state index in [1.54, 1.807) is 0 Å². The molecule has 33 heavy (non-hydrogen) atoms. The van der Waals surface area contributed by atoms with Crippen molar-refractivity contribution in [3.8, 4) is 17.6 Å². The van der Waals surface area contributed by atoms with Crippen LogP contribution in [0.5, 0.6) is 11.5 Å². The fourth-order valence-corrected chi connectivity index (χ4v) is 2.24. The molecule has 9 heteroatoms. The molecule has 0 spiro atoms. The number of rotatable bonds is 10. The number of hydrogen-bond donors (Lipinski definition) is 0. The van der Waals surface area contributed by atoms with Crippen molar-refractivity contribution < 1.29 is 37.7 Å². The van der Waals surface area contributed by atoms with Gasteiger partial charge in [0.2, 0.25) is 6.79 Å². The summed E-state index contributed by atoms with van der Waals surface area (Å²) in [5.41, 5.74) is 0.512. The van der Waals surface area contributed by atoms with E-state index in [9.17, 15) is 18.8 Å². The van der Waals surface area contributed by atoms with Crippen molar-refractivity contribution >= 4 is 24.0 Å². The zero-order valence-corrected chi connectivity index (χ0v) is 17.7. The minimum Gasteiger partial charge on any atom is -0.461 e. The smallest absolute Gasteiger partial charge is 0.343 e. The van der Waals surface area contributed by atoms with E-state index in [2.05, 4.69) is 6.58 Å². The average Bonchev–Trinajstić information content (AvgIpc) is 2.79. The summed E-state index contributed by atoms with van der Waals surface area (Å²) in [5, 5.41) is 8.39. The lowest BCUT2D eigenvalue weighted by Gasteiger charge is -2.08. The first-order chi connectivity index (χ1) is 15.8. The molecule has 170 valence electrons. The molecule has 0 amide bonds. The molecule has 0 aromatic heterocycles. The van der Waals surface area contributed by atoms with Gasteiger partial charge in [-0.2, -0.15) is 5.26 Å². The van der Waals surface area contributed by atoms with Crippen LogP contribution in [0.2, 0.25) is 0 Å². The van der Waals surface area contributed by atoms with Crippen molar-refractivity contribution in [2.24, 2.45) is 0 Å². The number of esters is 3. The van der Waals surface area contributed by atoms with Crippen molar-refractivity contribution in [3.05, 3.63) is 77.6 Å². The van der Waals surface area contributed by atoms with Crippen LogP contribution in [0.1, 0.15) is 29.3 Å². The number of nitrogens with zero attached hydrogens (tertiary/aromatic N) is 1. The van der Waals surface area contributed by atoms with Crippen LogP contribution in [0.3, 0.4) is 0 Å². The normalized spacial score (nSPS) is 10.2. The Hall–Kier alpha value is -4.45. The fourth-order valence-electron chi connectivity index (χ4n) is 2.24. The Morgan fingerprint density at radius 3 is 2.42 bits per heavy atom. The van der Waals surface area contributed by atoms with Crippen molar-refractivity contribution in [2.45, 2.75) is 13.3 Å². The Bertz CT molecular complexity index is 1100. The van der Waals surface area contributed by atoms with Gasteiger partial charge in [-0.05, 0) is 49.4 Å². The van der Waals surface area contributed by atoms with Crippen molar-refractivity contribution in [2.75, 3.05) is 13.4 Å². The van der Waals surface area contributed by atoms with Crippen LogP contribution in [0.25, 0.3) is 6.08 Å². The number of benzene rings is 2. The van der Waals surface area contributed by atoms with Gasteiger partial charge in [-0.1, -0.05) is 6.58 Å². The van der Waals surface area contributed by atoms with Gasteiger partial charge in [-0.15, -0.1) is 0 Å². The van der Waals surface area contributed by atoms with E-state index >= 15 is 0 Å². The first kappa shape index (κ1) is 24.8. The summed E-state index contributed by atoms with van der Waals surface area (Å²) in [6.45, 7) is 4.60. The second-order valence-electron chi connectivity index (χ2n) is 6.48. The summed E-state index contributed by atoms with van der Waals surface area (Å²) in [6.07, 6.45) is 2.31. The Kier molecular flexibility index (Phi) is 9.34. The van der Waals surface area contributed by atoms with E-state index in [0.717, 1.165) is 12.1 Å². The monoisotopic (exact) mass is 453 g/mol. The van der Waals surface area contributed by atoms with Crippen LogP contribution in [-0.2, 0) is 19.1 Å². The van der Waals surface area contributed by atoms with Crippen molar-refractivity contribution in [1.82, 2.24) is 0 Å². The minimum atomic E-state index is -0.723. The Morgan fingerprint density at radius 2 is 1.79 bits per heavy atom. The van der Waals surface area contributed by atoms with Gasteiger partial charge >= 0.3 is 17.9 Å². The second kappa shape index (κ2) is 12.4. The molecule has 0 radical (unpaired) electrons. The second-order valence-corrected chi connectivity index (χ2v) is 6.48. The molecule has 2 rings (SSSR count). The number of nitriles is 1. The summed E-state index contributed by atoms with van der Waals surface area (Å²) in [7, 11) is 0. The molecule has 2 aromatic carbocycles. The third-order valence-corrected chi connectivity index (χ3v) is 3.89. The largest absolute Gasteiger partial charge is 0.461 e. The summed E-state index contributed by atoms with van der Waals surface area (Å²) in [6, 6.07) is 11.4. The molecular weight excluding hydrogens is 433 g/mol. The van der Waals surface area contributed by atoms with Crippen LogP contribution in [0.15, 0.2) is 60.7 Å². The SMILES string of the molecule is C=C(C)C(=O)OCOc1ccc(C(=O)Oc2ccc(/C=C/C(=O)OCCC#N)c(F)c2)cc1. The van der Waals surface area contributed by atoms with Crippen LogP contribution in [-0.4, -0.2) is 31.3 Å². The molecule has 0 atom stereocenters. The molecule has 0 saturated heterocycles. The molecule has 0 unspecified atom stereocenters. The van der Waals surface area contributed by atoms with Gasteiger partial charge in [0, 0.05) is 23.3 Å². The summed E-state index contributed by atoms with van der Waals surface area (Å²) in [4.78, 5) is 35.0. The zero-order chi connectivity index (χ0) is 24.2. The van der Waals surface area contributed by atoms with Gasteiger partial charge in [-0.3, -0.25) is 0 Å². The third kappa shape index (κ3) is 8.30. The van der Waals surface area contributed by atoms with Crippen molar-refractivity contribution in [1.29, 1.82) is 5.26 Å². The van der Waals surface area contributed by atoms with Gasteiger partial charge in [0.05, 0.1) is 18.1 Å². The highest BCUT2D eigenvalue weighted by molar-refractivity contribution is 5.91. The van der Waals surface area contributed by atoms with Gasteiger partial charge in [0.15, 0.2) is 0 Å². The standard InChI is InChI=1S/C24H20FNO7/c1-16(2)23(28)32-15-31-19-8-5-18(6-9-19)24(29)33-20-10-4-17(21(25)14-20)7-11-22(27)30-13-3-12-26/h4-11,14H,1,3,13,15H2,2H3/b11-7+. The van der Waals surface area contributed by atoms with E-state index < -0.39 is 23.7 Å². The highest BCUT2D eigenvalue weighted by Crippen LogP contribution is 2.20. The van der Waals surface area contributed by atoms with Crippen LogP contribution >= 0.6 is 0 Å². The van der Waals surface area contributed by atoms with Gasteiger partial charge in [0.1, 0.15) is 23.9 Å². The molecule has 0 aliphatic heterocycles. The highest BCUT2D eigenvalue weighted by Gasteiger charge is 2.11. The molecule has 0 N–H and O–H groups in total. The molecule has 0 bridgehead atoms. The number of carbonyl (C=O) groups is 3. The average molecular weight is 453 g/mol. The predicted molar refractivity (Wildman–Crippen MR) is 114 cm³/mol. The zero-order valence-electron chi connectivity index (χ0n) is 17.7. The lowest BCUT2D eigenvalue weighted by molar-refractivity contribution is -0.145. The van der Waals surface area contributed by atoms with E-state index in [4.69, 9.17) is 24.2 Å². The Morgan fingerprint density at radius 1 is 1.09 bits per heavy atom. The fraction of sp³-hybridized carbons (Fsp3) is 0.167. The first-order valence-electron chi connectivity index (χ1n) is 9.59. The summed E-state index contributed by atoms with van der Waals surface area (Å²) >= 11 is 0. The van der Waals surface area contributed by atoms with Crippen LogP contribution in [0.4, 0.5) is 4.39 Å². The number of hydrogen-bond acceptors (Lipinski definition) is 8. The maximum Gasteiger partial charge on any atom is 0.343 e. The van der Waals surface area contributed by atoms with Gasteiger partial charge in [-0.25, -0.2) is 18.8 Å². The third-order valence-electron chi connectivity index (χ3n) is 3.89. The quantitative estimate of drug-likeness (QED) is 0.175. The number of ether oxygens (including phenoxy) is 4. The molecule has 0 aliphatic carbocycles. The minimum absolute atomic E-state index is 0.0294. The van der Waals surface area contributed by atoms with Crippen LogP contribution < -0.4 is 9.47 Å². The molecule has 0 saturated carbocycles. The molecule has 8 nitrogen and oxygen atoms in total. The molecule has 0 aliphatic rings. The number of halogens is 1. The Labute approximate surface area is 189 Å². The summed E-state index contributed by atoms with van der Waals surface area (Å²) < 4.78 is 34.2. The van der Waals surface area contributed by atoms with E-state index in [0.29, 0.717) is 5.75 Å². The highest BCUT2D eigenvalue weighted by atomic mass is 19.1. The van der Waals surface area contributed by atoms with E-state index in [-0.39, 0.29) is 42.3 Å². The lowest BCUT2D eigenvalue weighted by Crippen LogP contribution is -2.11. The maximum atomic E-state index is 14.2. The van der Waals surface area contributed by atoms with E-state index in [1.807, 2.05) is 6.07 Å². The summed E-state index contributed by atoms with van der Waals surface area (Å²) in [5.74, 6) is -2.40.